The summed E-state index contributed by atoms with van der Waals surface area (Å²) in [5, 5.41) is 5.09. The number of nitrogens with one attached hydrogen (secondary N) is 2. The molecule has 154 valence electrons. The summed E-state index contributed by atoms with van der Waals surface area (Å²) in [5.41, 5.74) is 5.66. The van der Waals surface area contributed by atoms with Gasteiger partial charge in [-0.05, 0) is 24.7 Å². The third kappa shape index (κ3) is 7.29. The minimum absolute atomic E-state index is 0. The number of carbonyl (C=O) groups is 2. The normalized spacial score (nSPS) is 17.7. The lowest BCUT2D eigenvalue weighted by atomic mass is 9.98. The molecule has 1 fully saturated rings. The van der Waals surface area contributed by atoms with Crippen molar-refractivity contribution >= 4 is 34.2 Å². The number of rotatable bonds is 8. The van der Waals surface area contributed by atoms with Gasteiger partial charge in [0.15, 0.2) is 0 Å². The van der Waals surface area contributed by atoms with E-state index < -0.39 is 27.7 Å². The number of halogens is 3. The number of piperidine rings is 1. The molecular formula is C14H27ClF2N4O4S. The van der Waals surface area contributed by atoms with E-state index in [1.165, 1.54) is 0 Å². The zero-order chi connectivity index (χ0) is 19.2. The van der Waals surface area contributed by atoms with Gasteiger partial charge in [-0.25, -0.2) is 8.42 Å². The fraction of sp³-hybridized carbons (Fsp3) is 0.857. The van der Waals surface area contributed by atoms with Crippen LogP contribution in [0.5, 0.6) is 0 Å². The average Bonchev–Trinajstić information content (AvgIpc) is 2.57. The number of carbonyl (C=O) groups excluding carboxylic acids is 2. The summed E-state index contributed by atoms with van der Waals surface area (Å²) in [6, 6.07) is -0.686. The van der Waals surface area contributed by atoms with Crippen LogP contribution in [0.15, 0.2) is 0 Å². The Labute approximate surface area is 158 Å². The summed E-state index contributed by atoms with van der Waals surface area (Å²) in [6.45, 7) is 3.71. The molecule has 1 saturated heterocycles. The van der Waals surface area contributed by atoms with E-state index in [1.807, 2.05) is 0 Å². The predicted octanol–water partition coefficient (Wildman–Crippen LogP) is -0.112. The lowest BCUT2D eigenvalue weighted by Crippen LogP contribution is -2.48. The molecule has 0 saturated carbocycles. The number of amides is 2. The SMILES string of the molecule is CC(C)[C@H](N)C(=O)NCC(=O)NCC1CCN(S(=O)(=O)C(F)F)CC1.Cl. The van der Waals surface area contributed by atoms with Crippen molar-refractivity contribution in [2.45, 2.75) is 38.5 Å². The number of sulfonamides is 1. The highest BCUT2D eigenvalue weighted by molar-refractivity contribution is 7.89. The molecule has 1 atom stereocenters. The molecule has 1 rings (SSSR count). The molecule has 0 aromatic heterocycles. The van der Waals surface area contributed by atoms with Gasteiger partial charge in [-0.3, -0.25) is 9.59 Å². The van der Waals surface area contributed by atoms with E-state index in [1.54, 1.807) is 13.8 Å². The van der Waals surface area contributed by atoms with Crippen molar-refractivity contribution < 1.29 is 26.8 Å². The zero-order valence-corrected chi connectivity index (χ0v) is 16.4. The van der Waals surface area contributed by atoms with E-state index in [9.17, 15) is 26.8 Å². The summed E-state index contributed by atoms with van der Waals surface area (Å²) in [7, 11) is -4.53. The monoisotopic (exact) mass is 420 g/mol. The van der Waals surface area contributed by atoms with Crippen molar-refractivity contribution in [3.8, 4) is 0 Å². The Bertz CT molecular complexity index is 569. The van der Waals surface area contributed by atoms with E-state index in [0.29, 0.717) is 19.4 Å². The highest BCUT2D eigenvalue weighted by Gasteiger charge is 2.34. The van der Waals surface area contributed by atoms with Gasteiger partial charge in [0.25, 0.3) is 10.0 Å². The first-order valence-corrected chi connectivity index (χ1v) is 9.63. The molecule has 0 aromatic carbocycles. The van der Waals surface area contributed by atoms with E-state index in [2.05, 4.69) is 10.6 Å². The second-order valence-electron chi connectivity index (χ2n) is 6.44. The van der Waals surface area contributed by atoms with Crippen LogP contribution in [0.2, 0.25) is 0 Å². The highest BCUT2D eigenvalue weighted by atomic mass is 35.5. The molecule has 1 heterocycles. The summed E-state index contributed by atoms with van der Waals surface area (Å²) in [6.07, 6.45) is 0.771. The van der Waals surface area contributed by atoms with Crippen molar-refractivity contribution in [2.24, 2.45) is 17.6 Å². The summed E-state index contributed by atoms with van der Waals surface area (Å²) in [4.78, 5) is 23.4. The van der Waals surface area contributed by atoms with Gasteiger partial charge in [0.2, 0.25) is 11.8 Å². The van der Waals surface area contributed by atoms with Crippen LogP contribution in [0.3, 0.4) is 0 Å². The van der Waals surface area contributed by atoms with E-state index >= 15 is 0 Å². The molecule has 0 aliphatic carbocycles. The molecule has 12 heteroatoms. The van der Waals surface area contributed by atoms with Crippen LogP contribution in [0, 0.1) is 11.8 Å². The van der Waals surface area contributed by atoms with E-state index in [-0.39, 0.29) is 49.8 Å². The summed E-state index contributed by atoms with van der Waals surface area (Å²) >= 11 is 0. The standard InChI is InChI=1S/C14H26F2N4O4S.ClH/c1-9(2)12(17)13(22)19-8-11(21)18-7-10-3-5-20(6-4-10)25(23,24)14(15)16;/h9-10,12,14H,3-8,17H2,1-2H3,(H,18,21)(H,19,22);1H/t12-;/m0./s1. The van der Waals surface area contributed by atoms with Gasteiger partial charge in [-0.1, -0.05) is 13.8 Å². The Balaban J connectivity index is 0.00000625. The fourth-order valence-corrected chi connectivity index (χ4v) is 3.33. The van der Waals surface area contributed by atoms with Gasteiger partial charge < -0.3 is 16.4 Å². The first kappa shape index (κ1) is 25.0. The maximum atomic E-state index is 12.5. The fourth-order valence-electron chi connectivity index (χ4n) is 2.39. The summed E-state index contributed by atoms with van der Waals surface area (Å²) in [5.74, 6) is -4.24. The minimum atomic E-state index is -4.53. The topological polar surface area (TPSA) is 122 Å². The average molecular weight is 421 g/mol. The molecule has 0 unspecified atom stereocenters. The van der Waals surface area contributed by atoms with Crippen LogP contribution < -0.4 is 16.4 Å². The van der Waals surface area contributed by atoms with Crippen LogP contribution >= 0.6 is 12.4 Å². The first-order valence-electron chi connectivity index (χ1n) is 8.12. The van der Waals surface area contributed by atoms with Crippen molar-refractivity contribution in [2.75, 3.05) is 26.2 Å². The molecule has 0 aromatic rings. The van der Waals surface area contributed by atoms with Crippen LogP contribution in [0.4, 0.5) is 8.78 Å². The predicted molar refractivity (Wildman–Crippen MR) is 95.3 cm³/mol. The van der Waals surface area contributed by atoms with Crippen molar-refractivity contribution in [3.05, 3.63) is 0 Å². The maximum Gasteiger partial charge on any atom is 0.350 e. The second-order valence-corrected chi connectivity index (χ2v) is 8.34. The van der Waals surface area contributed by atoms with Crippen LogP contribution in [-0.4, -0.2) is 62.5 Å². The molecule has 8 nitrogen and oxygen atoms in total. The largest absolute Gasteiger partial charge is 0.354 e. The molecule has 4 N–H and O–H groups in total. The van der Waals surface area contributed by atoms with Crippen molar-refractivity contribution in [1.29, 1.82) is 0 Å². The van der Waals surface area contributed by atoms with Crippen LogP contribution in [-0.2, 0) is 19.6 Å². The third-order valence-electron chi connectivity index (χ3n) is 4.19. The smallest absolute Gasteiger partial charge is 0.350 e. The summed E-state index contributed by atoms with van der Waals surface area (Å²) < 4.78 is 48.5. The molecule has 26 heavy (non-hydrogen) atoms. The van der Waals surface area contributed by atoms with Gasteiger partial charge in [0.05, 0.1) is 12.6 Å². The molecule has 1 aliphatic rings. The molecular weight excluding hydrogens is 394 g/mol. The Morgan fingerprint density at radius 3 is 2.19 bits per heavy atom. The Morgan fingerprint density at radius 2 is 1.73 bits per heavy atom. The quantitative estimate of drug-likeness (QED) is 0.505. The maximum absolute atomic E-state index is 12.5. The molecule has 1 aliphatic heterocycles. The van der Waals surface area contributed by atoms with Crippen molar-refractivity contribution in [3.63, 3.8) is 0 Å². The Hall–Kier alpha value is -1.04. The van der Waals surface area contributed by atoms with Gasteiger partial charge in [0, 0.05) is 19.6 Å². The number of alkyl halides is 2. The molecule has 0 bridgehead atoms. The molecule has 0 spiro atoms. The number of hydrogen-bond acceptors (Lipinski definition) is 5. The van der Waals surface area contributed by atoms with Crippen LogP contribution in [0.1, 0.15) is 26.7 Å². The Morgan fingerprint density at radius 1 is 1.19 bits per heavy atom. The minimum Gasteiger partial charge on any atom is -0.354 e. The number of nitrogens with zero attached hydrogens (tertiary/aromatic N) is 1. The Kier molecular flexibility index (Phi) is 10.5. The highest BCUT2D eigenvalue weighted by Crippen LogP contribution is 2.22. The lowest BCUT2D eigenvalue weighted by Gasteiger charge is -2.30. The van der Waals surface area contributed by atoms with Gasteiger partial charge >= 0.3 is 5.76 Å². The van der Waals surface area contributed by atoms with Gasteiger partial charge in [0.1, 0.15) is 0 Å². The zero-order valence-electron chi connectivity index (χ0n) is 14.8. The molecule has 2 amide bonds. The first-order chi connectivity index (χ1) is 11.6. The molecule has 0 radical (unpaired) electrons. The van der Waals surface area contributed by atoms with E-state index in [4.69, 9.17) is 5.73 Å². The second kappa shape index (κ2) is 11.0. The van der Waals surface area contributed by atoms with E-state index in [0.717, 1.165) is 4.31 Å². The van der Waals surface area contributed by atoms with Crippen LogP contribution in [0.25, 0.3) is 0 Å². The number of nitrogens with two attached hydrogens (primary N) is 1. The van der Waals surface area contributed by atoms with Crippen molar-refractivity contribution in [1.82, 2.24) is 14.9 Å². The lowest BCUT2D eigenvalue weighted by molar-refractivity contribution is -0.127. The van der Waals surface area contributed by atoms with Gasteiger partial charge in [-0.2, -0.15) is 13.1 Å². The van der Waals surface area contributed by atoms with Gasteiger partial charge in [-0.15, -0.1) is 12.4 Å². The number of hydrogen-bond donors (Lipinski definition) is 3. The third-order valence-corrected chi connectivity index (χ3v) is 5.73.